The van der Waals surface area contributed by atoms with E-state index in [9.17, 15) is 19.5 Å². The first-order valence-corrected chi connectivity index (χ1v) is 8.96. The quantitative estimate of drug-likeness (QED) is 0.568. The second-order valence-corrected chi connectivity index (χ2v) is 6.85. The van der Waals surface area contributed by atoms with Crippen molar-refractivity contribution >= 4 is 17.5 Å². The van der Waals surface area contributed by atoms with E-state index in [0.717, 1.165) is 11.1 Å². The van der Waals surface area contributed by atoms with Gasteiger partial charge in [0.05, 0.1) is 12.3 Å². The zero-order valence-electron chi connectivity index (χ0n) is 15.7. The molecule has 8 nitrogen and oxygen atoms in total. The van der Waals surface area contributed by atoms with Crippen LogP contribution in [0, 0.1) is 19.8 Å². The van der Waals surface area contributed by atoms with E-state index in [4.69, 9.17) is 0 Å². The molecule has 0 aliphatic rings. The average molecular weight is 382 g/mol. The first-order valence-electron chi connectivity index (χ1n) is 8.96. The Balaban J connectivity index is 1.67. The first kappa shape index (κ1) is 19.3. The lowest BCUT2D eigenvalue weighted by atomic mass is 9.98. The van der Waals surface area contributed by atoms with Gasteiger partial charge in [0, 0.05) is 30.1 Å². The molecule has 0 bridgehead atoms. The number of aliphatic carboxylic acids is 1. The van der Waals surface area contributed by atoms with Crippen LogP contribution in [0.3, 0.4) is 0 Å². The summed E-state index contributed by atoms with van der Waals surface area (Å²) in [7, 11) is 0. The number of aromatic amines is 1. The van der Waals surface area contributed by atoms with E-state index in [1.807, 2.05) is 31.2 Å². The summed E-state index contributed by atoms with van der Waals surface area (Å²) < 4.78 is 1.27. The molecule has 8 heteroatoms. The number of amides is 1. The van der Waals surface area contributed by atoms with E-state index in [0.29, 0.717) is 17.8 Å². The van der Waals surface area contributed by atoms with E-state index in [-0.39, 0.29) is 24.1 Å². The summed E-state index contributed by atoms with van der Waals surface area (Å²) in [6.07, 6.45) is 1.75. The molecule has 28 heavy (non-hydrogen) atoms. The molecule has 2 aromatic heterocycles. The minimum Gasteiger partial charge on any atom is -0.481 e. The third-order valence-corrected chi connectivity index (χ3v) is 4.64. The zero-order valence-corrected chi connectivity index (χ0v) is 15.7. The molecule has 3 N–H and O–H groups in total. The lowest BCUT2D eigenvalue weighted by molar-refractivity contribution is -0.141. The summed E-state index contributed by atoms with van der Waals surface area (Å²) in [4.78, 5) is 40.7. The summed E-state index contributed by atoms with van der Waals surface area (Å²) in [6.45, 7) is 3.60. The van der Waals surface area contributed by atoms with Gasteiger partial charge in [-0.25, -0.2) is 9.50 Å². The van der Waals surface area contributed by atoms with Crippen LogP contribution in [-0.2, 0) is 22.4 Å². The number of benzene rings is 1. The molecule has 0 saturated carbocycles. The van der Waals surface area contributed by atoms with Crippen molar-refractivity contribution in [1.29, 1.82) is 0 Å². The molecular weight excluding hydrogens is 360 g/mol. The Labute approximate surface area is 161 Å². The third kappa shape index (κ3) is 4.28. The number of hydrogen-bond acceptors (Lipinski definition) is 4. The van der Waals surface area contributed by atoms with Crippen LogP contribution in [0.15, 0.2) is 41.3 Å². The maximum atomic E-state index is 12.5. The van der Waals surface area contributed by atoms with Gasteiger partial charge in [0.1, 0.15) is 0 Å². The van der Waals surface area contributed by atoms with E-state index < -0.39 is 17.8 Å². The molecule has 1 unspecified atom stereocenters. The maximum Gasteiger partial charge on any atom is 0.308 e. The first-order chi connectivity index (χ1) is 13.3. The number of carbonyl (C=O) groups excluding carboxylic acids is 1. The van der Waals surface area contributed by atoms with Crippen LogP contribution in [-0.4, -0.2) is 38.1 Å². The van der Waals surface area contributed by atoms with Crippen LogP contribution in [0.4, 0.5) is 0 Å². The highest BCUT2D eigenvalue weighted by Gasteiger charge is 2.20. The molecule has 0 saturated heterocycles. The molecule has 0 radical (unpaired) electrons. The smallest absolute Gasteiger partial charge is 0.308 e. The predicted molar refractivity (Wildman–Crippen MR) is 103 cm³/mol. The molecule has 3 aromatic rings. The topological polar surface area (TPSA) is 117 Å². The summed E-state index contributed by atoms with van der Waals surface area (Å²) >= 11 is 0. The largest absolute Gasteiger partial charge is 0.481 e. The van der Waals surface area contributed by atoms with Crippen molar-refractivity contribution < 1.29 is 14.7 Å². The van der Waals surface area contributed by atoms with Gasteiger partial charge in [0.2, 0.25) is 5.91 Å². The zero-order chi connectivity index (χ0) is 20.3. The van der Waals surface area contributed by atoms with Crippen LogP contribution in [0.1, 0.15) is 22.4 Å². The van der Waals surface area contributed by atoms with Crippen molar-refractivity contribution in [2.75, 3.05) is 6.54 Å². The number of fused-ring (bicyclic) bond motifs is 1. The summed E-state index contributed by atoms with van der Waals surface area (Å²) in [5, 5.41) is 14.9. The third-order valence-electron chi connectivity index (χ3n) is 4.64. The SMILES string of the molecule is Cc1cccc(CC(CNC(=O)Cc2c(C)nc3cc[nH]n3c2=O)C(=O)O)c1. The van der Waals surface area contributed by atoms with Crippen molar-refractivity contribution in [3.05, 3.63) is 69.3 Å². The van der Waals surface area contributed by atoms with Crippen LogP contribution in [0.5, 0.6) is 0 Å². The number of hydrogen-bond donors (Lipinski definition) is 3. The lowest BCUT2D eigenvalue weighted by Gasteiger charge is -2.14. The van der Waals surface area contributed by atoms with Crippen molar-refractivity contribution in [2.45, 2.75) is 26.7 Å². The Hall–Kier alpha value is -3.42. The van der Waals surface area contributed by atoms with Gasteiger partial charge in [-0.05, 0) is 25.8 Å². The van der Waals surface area contributed by atoms with Gasteiger partial charge in [-0.2, -0.15) is 0 Å². The summed E-state index contributed by atoms with van der Waals surface area (Å²) in [5.74, 6) is -2.14. The van der Waals surface area contributed by atoms with Gasteiger partial charge in [-0.1, -0.05) is 29.8 Å². The molecule has 0 fully saturated rings. The van der Waals surface area contributed by atoms with Gasteiger partial charge in [0.15, 0.2) is 5.65 Å². The molecule has 0 aliphatic carbocycles. The fourth-order valence-electron chi connectivity index (χ4n) is 3.14. The Bertz CT molecular complexity index is 1080. The lowest BCUT2D eigenvalue weighted by Crippen LogP contribution is -2.36. The number of aryl methyl sites for hydroxylation is 2. The van der Waals surface area contributed by atoms with Gasteiger partial charge < -0.3 is 10.4 Å². The average Bonchev–Trinajstić information content (AvgIpc) is 3.10. The number of nitrogens with zero attached hydrogens (tertiary/aromatic N) is 2. The number of nitrogens with one attached hydrogen (secondary N) is 2. The van der Waals surface area contributed by atoms with Crippen LogP contribution < -0.4 is 10.9 Å². The fourth-order valence-corrected chi connectivity index (χ4v) is 3.14. The highest BCUT2D eigenvalue weighted by atomic mass is 16.4. The van der Waals surface area contributed by atoms with Crippen molar-refractivity contribution in [3.63, 3.8) is 0 Å². The van der Waals surface area contributed by atoms with Crippen molar-refractivity contribution in [2.24, 2.45) is 5.92 Å². The number of carboxylic acid groups (broad SMARTS) is 1. The van der Waals surface area contributed by atoms with Gasteiger partial charge in [-0.3, -0.25) is 19.5 Å². The molecule has 0 aliphatic heterocycles. The standard InChI is InChI=1S/C20H22N4O4/c1-12-4-3-5-14(8-12)9-15(20(27)28)11-21-18(25)10-16-13(2)23-17-6-7-22-24(17)19(16)26/h3-8,15,22H,9-11H2,1-2H3,(H,21,25)(H,27,28). The van der Waals surface area contributed by atoms with Crippen molar-refractivity contribution in [1.82, 2.24) is 19.9 Å². The highest BCUT2D eigenvalue weighted by molar-refractivity contribution is 5.79. The fraction of sp³-hybridized carbons (Fsp3) is 0.300. The molecule has 1 aromatic carbocycles. The number of carboxylic acids is 1. The van der Waals surface area contributed by atoms with Gasteiger partial charge in [0.25, 0.3) is 5.56 Å². The van der Waals surface area contributed by atoms with Crippen LogP contribution in [0.25, 0.3) is 5.65 Å². The molecule has 0 spiro atoms. The minimum absolute atomic E-state index is 0.0132. The highest BCUT2D eigenvalue weighted by Crippen LogP contribution is 2.11. The number of H-pyrrole nitrogens is 1. The predicted octanol–water partition coefficient (Wildman–Crippen LogP) is 1.24. The monoisotopic (exact) mass is 382 g/mol. The number of rotatable bonds is 7. The Morgan fingerprint density at radius 2 is 2.07 bits per heavy atom. The molecule has 2 heterocycles. The summed E-state index contributed by atoms with van der Waals surface area (Å²) in [6, 6.07) is 9.28. The molecule has 1 atom stereocenters. The van der Waals surface area contributed by atoms with E-state index in [1.165, 1.54) is 4.52 Å². The Morgan fingerprint density at radius 3 is 2.79 bits per heavy atom. The van der Waals surface area contributed by atoms with Gasteiger partial charge >= 0.3 is 5.97 Å². The summed E-state index contributed by atoms with van der Waals surface area (Å²) in [5.41, 5.74) is 2.86. The maximum absolute atomic E-state index is 12.5. The van der Waals surface area contributed by atoms with Crippen LogP contribution in [0.2, 0.25) is 0 Å². The molecule has 1 amide bonds. The van der Waals surface area contributed by atoms with Crippen LogP contribution >= 0.6 is 0 Å². The molecular formula is C20H22N4O4. The number of aromatic nitrogens is 3. The second-order valence-electron chi connectivity index (χ2n) is 6.85. The van der Waals surface area contributed by atoms with E-state index in [2.05, 4.69) is 15.4 Å². The van der Waals surface area contributed by atoms with Gasteiger partial charge in [-0.15, -0.1) is 0 Å². The second kappa shape index (κ2) is 8.08. The Kier molecular flexibility index (Phi) is 5.58. The van der Waals surface area contributed by atoms with E-state index >= 15 is 0 Å². The normalized spacial score (nSPS) is 12.1. The molecule has 146 valence electrons. The minimum atomic E-state index is -0.979. The molecule has 3 rings (SSSR count). The van der Waals surface area contributed by atoms with E-state index in [1.54, 1.807) is 19.2 Å². The Morgan fingerprint density at radius 1 is 1.29 bits per heavy atom. The van der Waals surface area contributed by atoms with Crippen molar-refractivity contribution in [3.8, 4) is 0 Å². The number of carbonyl (C=O) groups is 2.